The fraction of sp³-hybridized carbons (Fsp3) is 0.400. The van der Waals surface area contributed by atoms with Crippen LogP contribution < -0.4 is 11.9 Å². The highest BCUT2D eigenvalue weighted by Gasteiger charge is 1.94. The zero-order valence-electron chi connectivity index (χ0n) is 7.66. The third kappa shape index (κ3) is 4.11. The third-order valence-corrected chi connectivity index (χ3v) is 1.73. The van der Waals surface area contributed by atoms with E-state index in [9.17, 15) is 0 Å². The number of rotatable bonds is 3. The van der Waals surface area contributed by atoms with Crippen molar-refractivity contribution >= 4 is 0 Å². The zero-order chi connectivity index (χ0) is 8.10. The highest BCUT2D eigenvalue weighted by Crippen LogP contribution is 2.02. The van der Waals surface area contributed by atoms with Gasteiger partial charge in [-0.05, 0) is 25.3 Å². The maximum absolute atomic E-state index is 5.64. The highest BCUT2D eigenvalue weighted by molar-refractivity contribution is 5.14. The molecule has 0 spiro atoms. The first-order valence-electron chi connectivity index (χ1n) is 4.08. The number of aryl methyl sites for hydroxylation is 1. The molecule has 1 aromatic rings. The molecule has 12 heavy (non-hydrogen) atoms. The van der Waals surface area contributed by atoms with Crippen molar-refractivity contribution in [1.29, 1.82) is 0 Å². The van der Waals surface area contributed by atoms with Gasteiger partial charge in [0.15, 0.2) is 0 Å². The Morgan fingerprint density at radius 2 is 1.83 bits per heavy atom. The molecule has 1 rings (SSSR count). The Labute approximate surface area is 74.4 Å². The van der Waals surface area contributed by atoms with Crippen molar-refractivity contribution in [2.24, 2.45) is 5.73 Å². The van der Waals surface area contributed by atoms with Crippen molar-refractivity contribution in [2.75, 3.05) is 0 Å². The lowest BCUT2D eigenvalue weighted by Crippen LogP contribution is -2.15. The molecule has 2 nitrogen and oxygen atoms in total. The maximum atomic E-state index is 5.64. The van der Waals surface area contributed by atoms with Crippen molar-refractivity contribution in [3.63, 3.8) is 0 Å². The van der Waals surface area contributed by atoms with E-state index >= 15 is 0 Å². The molecule has 0 aliphatic rings. The van der Waals surface area contributed by atoms with Gasteiger partial charge in [-0.1, -0.05) is 30.3 Å². The van der Waals surface area contributed by atoms with Crippen LogP contribution in [0.15, 0.2) is 30.3 Å². The van der Waals surface area contributed by atoms with Crippen molar-refractivity contribution in [3.05, 3.63) is 35.9 Å². The summed E-state index contributed by atoms with van der Waals surface area (Å²) in [7, 11) is 0. The van der Waals surface area contributed by atoms with Gasteiger partial charge in [0.25, 0.3) is 0 Å². The Bertz CT molecular complexity index is 194. The fourth-order valence-electron chi connectivity index (χ4n) is 1.04. The molecule has 0 fully saturated rings. The smallest absolute Gasteiger partial charge is 0.00136 e. The van der Waals surface area contributed by atoms with E-state index in [0.717, 1.165) is 12.8 Å². The number of benzene rings is 1. The fourth-order valence-corrected chi connectivity index (χ4v) is 1.04. The number of nitrogens with two attached hydrogens (primary N) is 1. The summed E-state index contributed by atoms with van der Waals surface area (Å²) >= 11 is 0. The summed E-state index contributed by atoms with van der Waals surface area (Å²) in [5, 5.41) is 0. The predicted octanol–water partition coefficient (Wildman–Crippen LogP) is 2.13. The van der Waals surface area contributed by atoms with Gasteiger partial charge in [0, 0.05) is 6.04 Å². The summed E-state index contributed by atoms with van der Waals surface area (Å²) in [6.45, 7) is 2.04. The van der Waals surface area contributed by atoms with Crippen molar-refractivity contribution < 1.29 is 0 Å². The minimum atomic E-state index is 0. The highest BCUT2D eigenvalue weighted by atomic mass is 14.6. The molecule has 1 atom stereocenters. The quantitative estimate of drug-likeness (QED) is 0.722. The van der Waals surface area contributed by atoms with Crippen LogP contribution in [0.25, 0.3) is 0 Å². The largest absolute Gasteiger partial charge is 0.344 e. The normalized spacial score (nSPS) is 11.8. The van der Waals surface area contributed by atoms with Gasteiger partial charge in [0.2, 0.25) is 0 Å². The minimum absolute atomic E-state index is 0. The van der Waals surface area contributed by atoms with E-state index in [2.05, 4.69) is 24.3 Å². The summed E-state index contributed by atoms with van der Waals surface area (Å²) in [6, 6.07) is 10.8. The lowest BCUT2D eigenvalue weighted by atomic mass is 10.1. The maximum Gasteiger partial charge on any atom is 0.00136 e. The monoisotopic (exact) mass is 166 g/mol. The third-order valence-electron chi connectivity index (χ3n) is 1.73. The van der Waals surface area contributed by atoms with Crippen LogP contribution in [-0.4, -0.2) is 6.04 Å². The molecule has 0 radical (unpaired) electrons. The first kappa shape index (κ1) is 11.1. The second kappa shape index (κ2) is 5.75. The van der Waals surface area contributed by atoms with E-state index in [1.54, 1.807) is 0 Å². The molecule has 5 N–H and O–H groups in total. The first-order chi connectivity index (χ1) is 5.29. The molecule has 0 unspecified atom stereocenters. The topological polar surface area (TPSA) is 61.0 Å². The lowest BCUT2D eigenvalue weighted by molar-refractivity contribution is 0.666. The summed E-state index contributed by atoms with van der Waals surface area (Å²) in [4.78, 5) is 0. The lowest BCUT2D eigenvalue weighted by Gasteiger charge is -2.03. The molecule has 1 aromatic carbocycles. The second-order valence-corrected chi connectivity index (χ2v) is 3.00. The first-order valence-corrected chi connectivity index (χ1v) is 4.08. The predicted molar refractivity (Wildman–Crippen MR) is 53.4 cm³/mol. The molecule has 0 heterocycles. The van der Waals surface area contributed by atoms with E-state index < -0.39 is 0 Å². The van der Waals surface area contributed by atoms with E-state index in [1.807, 2.05) is 13.0 Å². The summed E-state index contributed by atoms with van der Waals surface area (Å²) in [6.07, 6.45) is 2.17. The van der Waals surface area contributed by atoms with Crippen LogP contribution in [0.2, 0.25) is 0 Å². The van der Waals surface area contributed by atoms with Gasteiger partial charge in [0.05, 0.1) is 0 Å². The van der Waals surface area contributed by atoms with Gasteiger partial charge in [-0.15, -0.1) is 0 Å². The molecular weight excluding hydrogens is 148 g/mol. The Hall–Kier alpha value is -0.860. The zero-order valence-corrected chi connectivity index (χ0v) is 7.66. The van der Waals surface area contributed by atoms with Crippen LogP contribution >= 0.6 is 0 Å². The van der Waals surface area contributed by atoms with Crippen molar-refractivity contribution in [2.45, 2.75) is 25.8 Å². The van der Waals surface area contributed by atoms with Gasteiger partial charge < -0.3 is 11.9 Å². The van der Waals surface area contributed by atoms with E-state index in [1.165, 1.54) is 5.56 Å². The summed E-state index contributed by atoms with van der Waals surface area (Å²) in [5.74, 6) is 0. The molecule has 0 aliphatic carbocycles. The van der Waals surface area contributed by atoms with Crippen LogP contribution in [0, 0.1) is 0 Å². The Kier molecular flexibility index (Phi) is 5.34. The standard InChI is InChI=1S/C10H15N.H3N/c1-9(11)7-8-10-5-3-2-4-6-10;/h2-6,9H,7-8,11H2,1H3;1H3/t9-;/m1./s1. The molecule has 0 saturated heterocycles. The van der Waals surface area contributed by atoms with Gasteiger partial charge >= 0.3 is 0 Å². The molecule has 2 heteroatoms. The van der Waals surface area contributed by atoms with Crippen LogP contribution in [0.4, 0.5) is 0 Å². The van der Waals surface area contributed by atoms with Crippen LogP contribution in [0.5, 0.6) is 0 Å². The van der Waals surface area contributed by atoms with Crippen molar-refractivity contribution in [1.82, 2.24) is 6.15 Å². The van der Waals surface area contributed by atoms with Gasteiger partial charge in [-0.25, -0.2) is 0 Å². The minimum Gasteiger partial charge on any atom is -0.344 e. The van der Waals surface area contributed by atoms with Crippen molar-refractivity contribution in [3.8, 4) is 0 Å². The molecule has 0 aromatic heterocycles. The van der Waals surface area contributed by atoms with Gasteiger partial charge in [-0.2, -0.15) is 0 Å². The Morgan fingerprint density at radius 3 is 2.33 bits per heavy atom. The van der Waals surface area contributed by atoms with Gasteiger partial charge in [-0.3, -0.25) is 0 Å². The Morgan fingerprint density at radius 1 is 1.25 bits per heavy atom. The summed E-state index contributed by atoms with van der Waals surface area (Å²) in [5.41, 5.74) is 7.02. The molecular formula is C10H18N2. The molecule has 0 aliphatic heterocycles. The summed E-state index contributed by atoms with van der Waals surface area (Å²) < 4.78 is 0. The second-order valence-electron chi connectivity index (χ2n) is 3.00. The molecule has 0 saturated carbocycles. The van der Waals surface area contributed by atoms with Crippen LogP contribution in [-0.2, 0) is 6.42 Å². The number of hydrogen-bond donors (Lipinski definition) is 2. The molecule has 0 bridgehead atoms. The molecule has 68 valence electrons. The van der Waals surface area contributed by atoms with E-state index in [-0.39, 0.29) is 6.15 Å². The molecule has 0 amide bonds. The van der Waals surface area contributed by atoms with Crippen LogP contribution in [0.3, 0.4) is 0 Å². The SMILES string of the molecule is C[C@@H](N)CCc1ccccc1.N. The number of hydrogen-bond acceptors (Lipinski definition) is 2. The van der Waals surface area contributed by atoms with Crippen LogP contribution in [0.1, 0.15) is 18.9 Å². The van der Waals surface area contributed by atoms with Gasteiger partial charge in [0.1, 0.15) is 0 Å². The Balaban J connectivity index is 0.00000121. The average molecular weight is 166 g/mol. The van der Waals surface area contributed by atoms with E-state index in [4.69, 9.17) is 5.73 Å². The average Bonchev–Trinajstić information content (AvgIpc) is 2.03. The van der Waals surface area contributed by atoms with E-state index in [0.29, 0.717) is 6.04 Å².